The monoisotopic (exact) mass is 404 g/mol. The predicted octanol–water partition coefficient (Wildman–Crippen LogP) is 4.12. The van der Waals surface area contributed by atoms with Gasteiger partial charge in [-0.25, -0.2) is 4.39 Å². The summed E-state index contributed by atoms with van der Waals surface area (Å²) in [6.07, 6.45) is 1.55. The van der Waals surface area contributed by atoms with Gasteiger partial charge in [0.05, 0.1) is 5.69 Å². The van der Waals surface area contributed by atoms with E-state index in [0.717, 1.165) is 48.6 Å². The summed E-state index contributed by atoms with van der Waals surface area (Å²) in [5, 5.41) is 11.8. The molecule has 1 saturated heterocycles. The minimum Gasteiger partial charge on any atom is -0.355 e. The van der Waals surface area contributed by atoms with E-state index in [4.69, 9.17) is 0 Å². The van der Waals surface area contributed by atoms with E-state index in [1.807, 2.05) is 24.3 Å². The number of amides is 1. The number of hydrogen-bond acceptors (Lipinski definition) is 4. The lowest BCUT2D eigenvalue weighted by atomic mass is 9.96. The normalized spacial score (nSPS) is 14.5. The number of aryl methyl sites for hydroxylation is 1. The smallest absolute Gasteiger partial charge is 0.223 e. The third-order valence-corrected chi connectivity index (χ3v) is 5.53. The molecule has 2 aromatic carbocycles. The second-order valence-electron chi connectivity index (χ2n) is 7.75. The van der Waals surface area contributed by atoms with Gasteiger partial charge >= 0.3 is 0 Å². The van der Waals surface area contributed by atoms with Crippen LogP contribution in [-0.2, 0) is 11.3 Å². The molecule has 5 nitrogen and oxygen atoms in total. The maximum atomic E-state index is 13.0. The quantitative estimate of drug-likeness (QED) is 0.695. The Morgan fingerprint density at radius 2 is 1.83 bits per heavy atom. The number of rotatable bonds is 5. The van der Waals surface area contributed by atoms with E-state index in [1.54, 1.807) is 12.1 Å². The Kier molecular flexibility index (Phi) is 6.02. The standard InChI is InChI=1S/C24H25FN4O/c1-17-3-2-4-20(15-17)22-9-10-23(28-27-22)29-13-11-19(12-14-29)24(30)26-16-18-5-7-21(25)8-6-18/h2-10,15,19H,11-14,16H2,1H3,(H,26,30). The second-order valence-corrected chi connectivity index (χ2v) is 7.75. The van der Waals surface area contributed by atoms with E-state index in [-0.39, 0.29) is 17.6 Å². The van der Waals surface area contributed by atoms with E-state index in [1.165, 1.54) is 17.7 Å². The molecule has 0 unspecified atom stereocenters. The Hall–Kier alpha value is -3.28. The summed E-state index contributed by atoms with van der Waals surface area (Å²) in [6.45, 7) is 4.02. The molecule has 0 saturated carbocycles. The third-order valence-electron chi connectivity index (χ3n) is 5.53. The van der Waals surface area contributed by atoms with Gasteiger partial charge in [0.2, 0.25) is 5.91 Å². The van der Waals surface area contributed by atoms with Crippen LogP contribution in [0, 0.1) is 18.7 Å². The summed E-state index contributed by atoms with van der Waals surface area (Å²) in [5.41, 5.74) is 4.01. The first-order valence-corrected chi connectivity index (χ1v) is 10.3. The molecule has 1 fully saturated rings. The molecule has 6 heteroatoms. The Bertz CT molecular complexity index is 996. The van der Waals surface area contributed by atoms with Crippen LogP contribution in [0.1, 0.15) is 24.0 Å². The minimum absolute atomic E-state index is 0.0128. The number of nitrogens with zero attached hydrogens (tertiary/aromatic N) is 3. The van der Waals surface area contributed by atoms with Crippen LogP contribution in [0.15, 0.2) is 60.7 Å². The number of nitrogens with one attached hydrogen (secondary N) is 1. The number of hydrogen-bond donors (Lipinski definition) is 1. The highest BCUT2D eigenvalue weighted by atomic mass is 19.1. The molecule has 1 amide bonds. The third kappa shape index (κ3) is 4.82. The van der Waals surface area contributed by atoms with Crippen molar-refractivity contribution in [3.63, 3.8) is 0 Å². The minimum atomic E-state index is -0.271. The van der Waals surface area contributed by atoms with Crippen LogP contribution >= 0.6 is 0 Å². The molecule has 1 aromatic heterocycles. The number of halogens is 1. The highest BCUT2D eigenvalue weighted by molar-refractivity contribution is 5.79. The Balaban J connectivity index is 1.29. The fourth-order valence-electron chi connectivity index (χ4n) is 3.76. The van der Waals surface area contributed by atoms with Gasteiger partial charge in [0.15, 0.2) is 5.82 Å². The van der Waals surface area contributed by atoms with E-state index in [2.05, 4.69) is 39.5 Å². The van der Waals surface area contributed by atoms with Crippen LogP contribution in [0.5, 0.6) is 0 Å². The summed E-state index contributed by atoms with van der Waals surface area (Å²) in [5.74, 6) is 0.616. The average Bonchev–Trinajstić information content (AvgIpc) is 2.79. The van der Waals surface area contributed by atoms with E-state index < -0.39 is 0 Å². The fraction of sp³-hybridized carbons (Fsp3) is 0.292. The SMILES string of the molecule is Cc1cccc(-c2ccc(N3CCC(C(=O)NCc4ccc(F)cc4)CC3)nn2)c1. The van der Waals surface area contributed by atoms with Gasteiger partial charge in [0, 0.05) is 31.1 Å². The number of benzene rings is 2. The summed E-state index contributed by atoms with van der Waals surface area (Å²) in [6, 6.07) is 18.4. The predicted molar refractivity (Wildman–Crippen MR) is 115 cm³/mol. The van der Waals surface area contributed by atoms with Crippen LogP contribution in [0.25, 0.3) is 11.3 Å². The first-order valence-electron chi connectivity index (χ1n) is 10.3. The molecule has 0 atom stereocenters. The highest BCUT2D eigenvalue weighted by Crippen LogP contribution is 2.24. The first-order chi connectivity index (χ1) is 14.6. The number of piperidine rings is 1. The second kappa shape index (κ2) is 9.03. The Labute approximate surface area is 176 Å². The molecule has 0 spiro atoms. The van der Waals surface area contributed by atoms with Crippen molar-refractivity contribution in [2.45, 2.75) is 26.3 Å². The van der Waals surface area contributed by atoms with Crippen molar-refractivity contribution in [3.05, 3.63) is 77.6 Å². The van der Waals surface area contributed by atoms with Crippen molar-refractivity contribution in [2.24, 2.45) is 5.92 Å². The van der Waals surface area contributed by atoms with Gasteiger partial charge in [-0.05, 0) is 55.7 Å². The van der Waals surface area contributed by atoms with Gasteiger partial charge < -0.3 is 10.2 Å². The maximum absolute atomic E-state index is 13.0. The number of carbonyl (C=O) groups excluding carboxylic acids is 1. The number of aromatic nitrogens is 2. The lowest BCUT2D eigenvalue weighted by Gasteiger charge is -2.31. The van der Waals surface area contributed by atoms with Gasteiger partial charge in [-0.1, -0.05) is 35.9 Å². The van der Waals surface area contributed by atoms with E-state index in [9.17, 15) is 9.18 Å². The molecule has 4 rings (SSSR count). The van der Waals surface area contributed by atoms with E-state index in [0.29, 0.717) is 6.54 Å². The summed E-state index contributed by atoms with van der Waals surface area (Å²) < 4.78 is 13.0. The molecule has 3 aromatic rings. The molecule has 0 bridgehead atoms. The molecule has 154 valence electrons. The summed E-state index contributed by atoms with van der Waals surface area (Å²) in [7, 11) is 0. The molecule has 0 radical (unpaired) electrons. The zero-order valence-corrected chi connectivity index (χ0v) is 17.0. The van der Waals surface area contributed by atoms with Crippen molar-refractivity contribution in [1.29, 1.82) is 0 Å². The van der Waals surface area contributed by atoms with Crippen molar-refractivity contribution in [1.82, 2.24) is 15.5 Å². The van der Waals surface area contributed by atoms with Gasteiger partial charge in [-0.15, -0.1) is 10.2 Å². The zero-order valence-electron chi connectivity index (χ0n) is 17.0. The van der Waals surface area contributed by atoms with Crippen LogP contribution in [0.4, 0.5) is 10.2 Å². The van der Waals surface area contributed by atoms with Crippen molar-refractivity contribution < 1.29 is 9.18 Å². The highest BCUT2D eigenvalue weighted by Gasteiger charge is 2.25. The zero-order chi connectivity index (χ0) is 20.9. The van der Waals surface area contributed by atoms with Crippen molar-refractivity contribution in [2.75, 3.05) is 18.0 Å². The van der Waals surface area contributed by atoms with Gasteiger partial charge in [-0.2, -0.15) is 0 Å². The molecule has 1 aliphatic rings. The van der Waals surface area contributed by atoms with Gasteiger partial charge in [-0.3, -0.25) is 4.79 Å². The van der Waals surface area contributed by atoms with Gasteiger partial charge in [0.25, 0.3) is 0 Å². The first kappa shape index (κ1) is 20.0. The van der Waals surface area contributed by atoms with Crippen LogP contribution in [0.3, 0.4) is 0 Å². The number of anilines is 1. The number of carbonyl (C=O) groups is 1. The van der Waals surface area contributed by atoms with Crippen molar-refractivity contribution in [3.8, 4) is 11.3 Å². The molecule has 30 heavy (non-hydrogen) atoms. The van der Waals surface area contributed by atoms with Crippen molar-refractivity contribution >= 4 is 11.7 Å². The molecule has 0 aliphatic carbocycles. The summed E-state index contributed by atoms with van der Waals surface area (Å²) >= 11 is 0. The Morgan fingerprint density at radius 1 is 1.07 bits per heavy atom. The largest absolute Gasteiger partial charge is 0.355 e. The van der Waals surface area contributed by atoms with Crippen LogP contribution in [0.2, 0.25) is 0 Å². The molecule has 1 aliphatic heterocycles. The van der Waals surface area contributed by atoms with E-state index >= 15 is 0 Å². The molecule has 2 heterocycles. The Morgan fingerprint density at radius 3 is 2.50 bits per heavy atom. The van der Waals surface area contributed by atoms with Crippen LogP contribution in [-0.4, -0.2) is 29.2 Å². The molecule has 1 N–H and O–H groups in total. The maximum Gasteiger partial charge on any atom is 0.223 e. The van der Waals surface area contributed by atoms with Crippen LogP contribution < -0.4 is 10.2 Å². The summed E-state index contributed by atoms with van der Waals surface area (Å²) in [4.78, 5) is 14.7. The topological polar surface area (TPSA) is 58.1 Å². The lowest BCUT2D eigenvalue weighted by molar-refractivity contribution is -0.125. The lowest BCUT2D eigenvalue weighted by Crippen LogP contribution is -2.40. The molecular formula is C24H25FN4O. The molecular weight excluding hydrogens is 379 g/mol. The average molecular weight is 404 g/mol. The fourth-order valence-corrected chi connectivity index (χ4v) is 3.76. The van der Waals surface area contributed by atoms with Gasteiger partial charge in [0.1, 0.15) is 5.82 Å².